The number of hydrogen-bond donors (Lipinski definition) is 0. The quantitative estimate of drug-likeness (QED) is 0.573. The molecular formula is C10H12O3. The third-order valence-electron chi connectivity index (χ3n) is 2.70. The first-order chi connectivity index (χ1) is 6.15. The number of carbonyl (C=O) groups excluding carboxylic acids is 2. The Kier molecular flexibility index (Phi) is 1.94. The number of hydrogen-bond acceptors (Lipinski definition) is 3. The molecule has 0 unspecified atom stereocenters. The maximum absolute atomic E-state index is 11.0. The molecule has 0 spiro atoms. The van der Waals surface area contributed by atoms with Crippen LogP contribution in [0.3, 0.4) is 0 Å². The Bertz CT molecular complexity index is 291. The molecule has 0 heterocycles. The van der Waals surface area contributed by atoms with Crippen LogP contribution >= 0.6 is 0 Å². The summed E-state index contributed by atoms with van der Waals surface area (Å²) in [5.41, 5.74) is 0. The molecule has 1 fully saturated rings. The second kappa shape index (κ2) is 2.98. The molecule has 0 bridgehead atoms. The highest BCUT2D eigenvalue weighted by molar-refractivity contribution is 5.82. The van der Waals surface area contributed by atoms with Gasteiger partial charge < -0.3 is 4.74 Å². The van der Waals surface area contributed by atoms with E-state index in [2.05, 4.69) is 0 Å². The van der Waals surface area contributed by atoms with Crippen LogP contribution in [0.4, 0.5) is 0 Å². The second-order valence-corrected chi connectivity index (χ2v) is 3.80. The van der Waals surface area contributed by atoms with E-state index in [1.54, 1.807) is 0 Å². The molecule has 2 rings (SSSR count). The van der Waals surface area contributed by atoms with Gasteiger partial charge in [0.05, 0.1) is 0 Å². The second-order valence-electron chi connectivity index (χ2n) is 3.80. The van der Waals surface area contributed by atoms with Gasteiger partial charge in [0.1, 0.15) is 11.5 Å². The topological polar surface area (TPSA) is 43.4 Å². The average Bonchev–Trinajstić information content (AvgIpc) is 2.41. The van der Waals surface area contributed by atoms with Gasteiger partial charge in [-0.1, -0.05) is 0 Å². The van der Waals surface area contributed by atoms with Crippen molar-refractivity contribution in [3.63, 3.8) is 0 Å². The lowest BCUT2D eigenvalue weighted by Crippen LogP contribution is -2.00. The van der Waals surface area contributed by atoms with E-state index in [4.69, 9.17) is 4.74 Å². The van der Waals surface area contributed by atoms with E-state index in [0.29, 0.717) is 30.5 Å². The number of ether oxygens (including phenoxy) is 1. The molecule has 0 N–H and O–H groups in total. The molecule has 2 aliphatic rings. The number of ketones is 1. The molecular weight excluding hydrogens is 168 g/mol. The molecule has 2 atom stereocenters. The summed E-state index contributed by atoms with van der Waals surface area (Å²) in [5.74, 6) is 1.57. The van der Waals surface area contributed by atoms with E-state index in [0.717, 1.165) is 12.2 Å². The fourth-order valence-corrected chi connectivity index (χ4v) is 2.20. The van der Waals surface area contributed by atoms with Crippen LogP contribution in [0.1, 0.15) is 26.2 Å². The minimum atomic E-state index is -0.266. The van der Waals surface area contributed by atoms with Crippen LogP contribution in [0, 0.1) is 11.8 Å². The van der Waals surface area contributed by atoms with Gasteiger partial charge in [-0.3, -0.25) is 9.59 Å². The Balaban J connectivity index is 2.01. The first-order valence-electron chi connectivity index (χ1n) is 4.56. The number of allylic oxidation sites excluding steroid dienone is 2. The van der Waals surface area contributed by atoms with E-state index in [1.165, 1.54) is 6.92 Å². The molecule has 2 aliphatic carbocycles. The molecule has 0 aliphatic heterocycles. The lowest BCUT2D eigenvalue weighted by Gasteiger charge is -2.04. The predicted molar refractivity (Wildman–Crippen MR) is 45.7 cm³/mol. The average molecular weight is 180 g/mol. The van der Waals surface area contributed by atoms with Gasteiger partial charge in [0.25, 0.3) is 0 Å². The van der Waals surface area contributed by atoms with Crippen molar-refractivity contribution < 1.29 is 14.3 Å². The number of Topliss-reactive ketones (excluding diaryl/α,β-unsaturated/α-hetero) is 1. The fraction of sp³-hybridized carbons (Fsp3) is 0.600. The van der Waals surface area contributed by atoms with Crippen molar-refractivity contribution >= 4 is 11.8 Å². The molecule has 1 saturated carbocycles. The minimum Gasteiger partial charge on any atom is -0.432 e. The van der Waals surface area contributed by atoms with E-state index >= 15 is 0 Å². The summed E-state index contributed by atoms with van der Waals surface area (Å²) in [5, 5.41) is 0. The first-order valence-corrected chi connectivity index (χ1v) is 4.56. The summed E-state index contributed by atoms with van der Waals surface area (Å²) in [6.07, 6.45) is 3.99. The number of carbonyl (C=O) groups is 2. The molecule has 0 aromatic heterocycles. The van der Waals surface area contributed by atoms with Gasteiger partial charge in [-0.15, -0.1) is 0 Å². The molecule has 70 valence electrons. The van der Waals surface area contributed by atoms with Crippen molar-refractivity contribution in [2.45, 2.75) is 26.2 Å². The monoisotopic (exact) mass is 180 g/mol. The lowest BCUT2D eigenvalue weighted by molar-refractivity contribution is -0.137. The molecule has 0 aromatic carbocycles. The van der Waals surface area contributed by atoms with Crippen molar-refractivity contribution in [3.05, 3.63) is 11.8 Å². The Hall–Kier alpha value is -1.12. The zero-order valence-electron chi connectivity index (χ0n) is 7.58. The summed E-state index contributed by atoms with van der Waals surface area (Å²) < 4.78 is 4.99. The van der Waals surface area contributed by atoms with Crippen molar-refractivity contribution in [1.82, 2.24) is 0 Å². The molecule has 3 heteroatoms. The van der Waals surface area contributed by atoms with E-state index in [1.807, 2.05) is 6.08 Å². The number of rotatable bonds is 1. The van der Waals surface area contributed by atoms with Crippen LogP contribution < -0.4 is 0 Å². The maximum Gasteiger partial charge on any atom is 0.307 e. The molecule has 13 heavy (non-hydrogen) atoms. The molecule has 0 aromatic rings. The zero-order valence-corrected chi connectivity index (χ0v) is 7.58. The Morgan fingerprint density at radius 1 is 1.46 bits per heavy atom. The van der Waals surface area contributed by atoms with E-state index < -0.39 is 0 Å². The highest BCUT2D eigenvalue weighted by Gasteiger charge is 2.37. The van der Waals surface area contributed by atoms with Crippen LogP contribution in [-0.2, 0) is 14.3 Å². The summed E-state index contributed by atoms with van der Waals surface area (Å²) in [7, 11) is 0. The van der Waals surface area contributed by atoms with Crippen molar-refractivity contribution in [2.24, 2.45) is 11.8 Å². The fourth-order valence-electron chi connectivity index (χ4n) is 2.20. The standard InChI is InChI=1S/C10H12O3/c1-6(11)13-10-4-7-2-9(12)3-8(7)5-10/h4,7-8H,2-3,5H2,1H3/t7-,8+/m1/s1. The highest BCUT2D eigenvalue weighted by Crippen LogP contribution is 2.41. The Morgan fingerprint density at radius 2 is 2.23 bits per heavy atom. The lowest BCUT2D eigenvalue weighted by atomic mass is 10.0. The van der Waals surface area contributed by atoms with Gasteiger partial charge >= 0.3 is 5.97 Å². The van der Waals surface area contributed by atoms with Crippen molar-refractivity contribution in [1.29, 1.82) is 0 Å². The van der Waals surface area contributed by atoms with Crippen LogP contribution in [0.2, 0.25) is 0 Å². The summed E-state index contributed by atoms with van der Waals surface area (Å²) in [6, 6.07) is 0. The first kappa shape index (κ1) is 8.48. The third-order valence-corrected chi connectivity index (χ3v) is 2.70. The van der Waals surface area contributed by atoms with Gasteiger partial charge in [-0.25, -0.2) is 0 Å². The summed E-state index contributed by atoms with van der Waals surface area (Å²) >= 11 is 0. The van der Waals surface area contributed by atoms with Crippen LogP contribution in [-0.4, -0.2) is 11.8 Å². The van der Waals surface area contributed by atoms with Gasteiger partial charge in [-0.05, 0) is 17.9 Å². The Labute approximate surface area is 76.8 Å². The summed E-state index contributed by atoms with van der Waals surface area (Å²) in [4.78, 5) is 21.7. The van der Waals surface area contributed by atoms with Crippen LogP contribution in [0.5, 0.6) is 0 Å². The largest absolute Gasteiger partial charge is 0.432 e. The van der Waals surface area contributed by atoms with Gasteiger partial charge in [0, 0.05) is 26.2 Å². The minimum absolute atomic E-state index is 0.266. The molecule has 0 radical (unpaired) electrons. The van der Waals surface area contributed by atoms with Crippen LogP contribution in [0.25, 0.3) is 0 Å². The van der Waals surface area contributed by atoms with Crippen molar-refractivity contribution in [3.8, 4) is 0 Å². The van der Waals surface area contributed by atoms with Gasteiger partial charge in [0.2, 0.25) is 0 Å². The highest BCUT2D eigenvalue weighted by atomic mass is 16.5. The number of fused-ring (bicyclic) bond motifs is 1. The normalized spacial score (nSPS) is 31.5. The number of esters is 1. The molecule has 3 nitrogen and oxygen atoms in total. The zero-order chi connectivity index (χ0) is 9.42. The Morgan fingerprint density at radius 3 is 2.85 bits per heavy atom. The van der Waals surface area contributed by atoms with E-state index in [-0.39, 0.29) is 5.97 Å². The summed E-state index contributed by atoms with van der Waals surface area (Å²) in [6.45, 7) is 1.40. The van der Waals surface area contributed by atoms with Gasteiger partial charge in [-0.2, -0.15) is 0 Å². The smallest absolute Gasteiger partial charge is 0.307 e. The van der Waals surface area contributed by atoms with Gasteiger partial charge in [0.15, 0.2) is 0 Å². The van der Waals surface area contributed by atoms with Crippen molar-refractivity contribution in [2.75, 3.05) is 0 Å². The molecule has 0 amide bonds. The van der Waals surface area contributed by atoms with E-state index in [9.17, 15) is 9.59 Å². The molecule has 0 saturated heterocycles. The SMILES string of the molecule is CC(=O)OC1=C[C@H]2CC(=O)C[C@H]2C1. The van der Waals surface area contributed by atoms with Crippen LogP contribution in [0.15, 0.2) is 11.8 Å². The predicted octanol–water partition coefficient (Wildman–Crippen LogP) is 1.43. The third kappa shape index (κ3) is 1.64. The maximum atomic E-state index is 11.0.